The van der Waals surface area contributed by atoms with Crippen LogP contribution in [0.5, 0.6) is 0 Å². The van der Waals surface area contributed by atoms with Gasteiger partial charge in [-0.3, -0.25) is 4.79 Å². The highest BCUT2D eigenvalue weighted by atomic mass is 19.3. The Kier molecular flexibility index (Phi) is 2.50. The summed E-state index contributed by atoms with van der Waals surface area (Å²) in [7, 11) is 0. The van der Waals surface area contributed by atoms with E-state index in [1.165, 1.54) is 0 Å². The van der Waals surface area contributed by atoms with E-state index in [-0.39, 0.29) is 11.6 Å². The molecule has 2 saturated carbocycles. The van der Waals surface area contributed by atoms with Crippen molar-refractivity contribution in [2.45, 2.75) is 63.0 Å². The average Bonchev–Trinajstić information content (AvgIpc) is 2.93. The lowest BCUT2D eigenvalue weighted by atomic mass is 9.72. The number of nitrogens with one attached hydrogen (secondary N) is 2. The summed E-state index contributed by atoms with van der Waals surface area (Å²) >= 11 is 0. The number of amides is 1. The van der Waals surface area contributed by atoms with Crippen LogP contribution in [0, 0.1) is 5.41 Å². The quantitative estimate of drug-likeness (QED) is 0.810. The maximum absolute atomic E-state index is 13.5. The minimum atomic E-state index is -2.91. The van der Waals surface area contributed by atoms with Crippen LogP contribution in [0.2, 0.25) is 0 Å². The molecule has 0 aromatic carbocycles. The van der Waals surface area contributed by atoms with Gasteiger partial charge in [-0.25, -0.2) is 8.78 Å². The zero-order valence-corrected chi connectivity index (χ0v) is 10.7. The van der Waals surface area contributed by atoms with E-state index in [1.807, 2.05) is 0 Å². The second-order valence-electron chi connectivity index (χ2n) is 6.22. The van der Waals surface area contributed by atoms with Crippen LogP contribution < -0.4 is 10.6 Å². The second kappa shape index (κ2) is 3.65. The van der Waals surface area contributed by atoms with Crippen LogP contribution in [0.25, 0.3) is 0 Å². The van der Waals surface area contributed by atoms with Crippen molar-refractivity contribution in [3.63, 3.8) is 0 Å². The highest BCUT2D eigenvalue weighted by Crippen LogP contribution is 2.57. The molecular formula is C13H20F2N2O. The molecule has 1 unspecified atom stereocenters. The smallest absolute Gasteiger partial charge is 0.259 e. The average molecular weight is 258 g/mol. The number of hydrogen-bond donors (Lipinski definition) is 2. The first-order valence-corrected chi connectivity index (χ1v) is 6.84. The third-order valence-electron chi connectivity index (χ3n) is 5.15. The third-order valence-corrected chi connectivity index (χ3v) is 5.15. The van der Waals surface area contributed by atoms with Crippen molar-refractivity contribution in [3.8, 4) is 0 Å². The van der Waals surface area contributed by atoms with Crippen LogP contribution in [0.4, 0.5) is 8.78 Å². The lowest BCUT2D eigenvalue weighted by Crippen LogP contribution is -2.60. The minimum Gasteiger partial charge on any atom is -0.351 e. The zero-order valence-electron chi connectivity index (χ0n) is 10.7. The summed E-state index contributed by atoms with van der Waals surface area (Å²) in [5.41, 5.74) is -1.41. The van der Waals surface area contributed by atoms with Gasteiger partial charge in [-0.2, -0.15) is 0 Å². The zero-order chi connectivity index (χ0) is 13.0. The molecule has 0 radical (unpaired) electrons. The molecule has 1 amide bonds. The van der Waals surface area contributed by atoms with Crippen molar-refractivity contribution in [1.29, 1.82) is 0 Å². The van der Waals surface area contributed by atoms with Gasteiger partial charge < -0.3 is 10.6 Å². The monoisotopic (exact) mass is 258 g/mol. The Morgan fingerprint density at radius 1 is 1.33 bits per heavy atom. The summed E-state index contributed by atoms with van der Waals surface area (Å²) in [5.74, 6) is -3.34. The summed E-state index contributed by atoms with van der Waals surface area (Å²) in [6, 6.07) is 0.0403. The molecule has 3 fully saturated rings. The number of halogens is 2. The molecule has 1 heterocycles. The maximum Gasteiger partial charge on any atom is 0.259 e. The molecule has 0 aromatic rings. The predicted octanol–water partition coefficient (Wildman–Crippen LogP) is 1.82. The summed E-state index contributed by atoms with van der Waals surface area (Å²) in [5, 5.41) is 6.33. The molecule has 18 heavy (non-hydrogen) atoms. The van der Waals surface area contributed by atoms with E-state index in [1.54, 1.807) is 0 Å². The predicted molar refractivity (Wildman–Crippen MR) is 63.4 cm³/mol. The Labute approximate surface area is 106 Å². The third kappa shape index (κ3) is 1.59. The van der Waals surface area contributed by atoms with E-state index in [0.29, 0.717) is 12.8 Å². The van der Waals surface area contributed by atoms with Crippen molar-refractivity contribution in [3.05, 3.63) is 0 Å². The molecule has 2 aliphatic carbocycles. The van der Waals surface area contributed by atoms with E-state index in [9.17, 15) is 13.6 Å². The van der Waals surface area contributed by atoms with Gasteiger partial charge in [-0.15, -0.1) is 0 Å². The molecule has 0 aromatic heterocycles. The van der Waals surface area contributed by atoms with E-state index in [0.717, 1.165) is 39.2 Å². The van der Waals surface area contributed by atoms with Crippen molar-refractivity contribution in [2.75, 3.05) is 6.54 Å². The van der Waals surface area contributed by atoms with E-state index < -0.39 is 17.2 Å². The van der Waals surface area contributed by atoms with E-state index >= 15 is 0 Å². The molecule has 1 aliphatic heterocycles. The van der Waals surface area contributed by atoms with Gasteiger partial charge in [0.2, 0.25) is 5.91 Å². The molecule has 3 rings (SSSR count). The van der Waals surface area contributed by atoms with Crippen LogP contribution in [0.1, 0.15) is 45.4 Å². The van der Waals surface area contributed by atoms with E-state index in [4.69, 9.17) is 0 Å². The van der Waals surface area contributed by atoms with Crippen LogP contribution in [-0.2, 0) is 4.79 Å². The highest BCUT2D eigenvalue weighted by Gasteiger charge is 2.65. The second-order valence-corrected chi connectivity index (χ2v) is 6.22. The molecular weight excluding hydrogens is 238 g/mol. The minimum absolute atomic E-state index is 0.00870. The van der Waals surface area contributed by atoms with E-state index in [2.05, 4.69) is 10.6 Å². The first-order chi connectivity index (χ1) is 8.40. The van der Waals surface area contributed by atoms with Gasteiger partial charge >= 0.3 is 0 Å². The van der Waals surface area contributed by atoms with Gasteiger partial charge in [0.25, 0.3) is 5.92 Å². The van der Waals surface area contributed by atoms with Crippen LogP contribution >= 0.6 is 0 Å². The first kappa shape index (κ1) is 12.3. The summed E-state index contributed by atoms with van der Waals surface area (Å²) in [6.45, 7) is 1.74. The van der Waals surface area contributed by atoms with Crippen molar-refractivity contribution in [1.82, 2.24) is 10.6 Å². The fourth-order valence-corrected chi connectivity index (χ4v) is 3.44. The molecule has 5 heteroatoms. The molecule has 2 N–H and O–H groups in total. The number of hydrogen-bond acceptors (Lipinski definition) is 2. The highest BCUT2D eigenvalue weighted by molar-refractivity contribution is 5.86. The van der Waals surface area contributed by atoms with Crippen LogP contribution in [0.15, 0.2) is 0 Å². The Bertz CT molecular complexity index is 370. The summed E-state index contributed by atoms with van der Waals surface area (Å²) in [4.78, 5) is 12.1. The van der Waals surface area contributed by atoms with Gasteiger partial charge in [0.1, 0.15) is 5.41 Å². The fraction of sp³-hybridized carbons (Fsp3) is 0.923. The van der Waals surface area contributed by atoms with Gasteiger partial charge in [-0.05, 0) is 45.1 Å². The van der Waals surface area contributed by atoms with Crippen molar-refractivity contribution < 1.29 is 13.6 Å². The SMILES string of the molecule is CC(F)(F)C1(C(=O)NC2CCNC23CCC3)CC1. The van der Waals surface area contributed by atoms with Gasteiger partial charge in [0.05, 0.1) is 0 Å². The molecule has 102 valence electrons. The summed E-state index contributed by atoms with van der Waals surface area (Å²) < 4.78 is 27.0. The number of carbonyl (C=O) groups excluding carboxylic acids is 1. The Morgan fingerprint density at radius 3 is 2.44 bits per heavy atom. The fourth-order valence-electron chi connectivity index (χ4n) is 3.44. The molecule has 3 aliphatic rings. The standard InChI is InChI=1S/C13H20F2N2O/c1-11(14,15)12(6-7-12)10(18)17-9-3-8-16-13(9)4-2-5-13/h9,16H,2-8H2,1H3,(H,17,18). The molecule has 1 spiro atoms. The largest absolute Gasteiger partial charge is 0.351 e. The number of carbonyl (C=O) groups is 1. The lowest BCUT2D eigenvalue weighted by Gasteiger charge is -2.44. The van der Waals surface area contributed by atoms with Gasteiger partial charge in [-0.1, -0.05) is 0 Å². The molecule has 1 saturated heterocycles. The van der Waals surface area contributed by atoms with Crippen molar-refractivity contribution in [2.24, 2.45) is 5.41 Å². The number of alkyl halides is 2. The first-order valence-electron chi connectivity index (χ1n) is 6.84. The Morgan fingerprint density at radius 2 is 2.00 bits per heavy atom. The molecule has 0 bridgehead atoms. The van der Waals surface area contributed by atoms with Crippen LogP contribution in [0.3, 0.4) is 0 Å². The Balaban J connectivity index is 1.68. The molecule has 1 atom stereocenters. The number of rotatable bonds is 3. The van der Waals surface area contributed by atoms with Gasteiger partial charge in [0.15, 0.2) is 0 Å². The topological polar surface area (TPSA) is 41.1 Å². The maximum atomic E-state index is 13.5. The Hall–Kier alpha value is -0.710. The molecule has 3 nitrogen and oxygen atoms in total. The normalized spacial score (nSPS) is 32.1. The van der Waals surface area contributed by atoms with Crippen molar-refractivity contribution >= 4 is 5.91 Å². The summed E-state index contributed by atoms with van der Waals surface area (Å²) in [6.07, 6.45) is 4.75. The lowest BCUT2D eigenvalue weighted by molar-refractivity contribution is -0.143. The van der Waals surface area contributed by atoms with Gasteiger partial charge in [0, 0.05) is 18.5 Å². The van der Waals surface area contributed by atoms with Crippen LogP contribution in [-0.4, -0.2) is 30.0 Å².